The summed E-state index contributed by atoms with van der Waals surface area (Å²) in [6.07, 6.45) is 2.47. The van der Waals surface area contributed by atoms with Crippen molar-refractivity contribution in [3.8, 4) is 5.75 Å². The molecule has 1 aliphatic rings. The Hall–Kier alpha value is -1.07. The van der Waals surface area contributed by atoms with Crippen molar-refractivity contribution in [2.45, 2.75) is 17.7 Å². The van der Waals surface area contributed by atoms with Crippen LogP contribution in [0, 0.1) is 5.92 Å². The lowest BCUT2D eigenvalue weighted by molar-refractivity contribution is 0.168. The van der Waals surface area contributed by atoms with Gasteiger partial charge in [-0.3, -0.25) is 4.21 Å². The highest BCUT2D eigenvalue weighted by Crippen LogP contribution is 2.29. The van der Waals surface area contributed by atoms with Crippen LogP contribution in [0.1, 0.15) is 12.8 Å². The lowest BCUT2D eigenvalue weighted by Crippen LogP contribution is -2.06. The first-order valence-corrected chi connectivity index (χ1v) is 6.92. The third kappa shape index (κ3) is 3.44. The fourth-order valence-corrected chi connectivity index (χ4v) is 2.47. The van der Waals surface area contributed by atoms with Gasteiger partial charge in [0.2, 0.25) is 0 Å². The van der Waals surface area contributed by atoms with Crippen molar-refractivity contribution in [1.82, 2.24) is 0 Å². The minimum Gasteiger partial charge on any atom is -0.495 e. The average molecular weight is 255 g/mol. The smallest absolute Gasteiger partial charge is 0.137 e. The first-order chi connectivity index (χ1) is 8.20. The Morgan fingerprint density at radius 3 is 2.88 bits per heavy atom. The molecule has 0 saturated heterocycles. The lowest BCUT2D eigenvalue weighted by atomic mass is 10.3. The van der Waals surface area contributed by atoms with Crippen LogP contribution in [0.5, 0.6) is 5.75 Å². The van der Waals surface area contributed by atoms with Crippen LogP contribution in [0.3, 0.4) is 0 Å². The van der Waals surface area contributed by atoms with Crippen molar-refractivity contribution >= 4 is 16.5 Å². The first-order valence-electron chi connectivity index (χ1n) is 5.60. The monoisotopic (exact) mass is 255 g/mol. The summed E-state index contributed by atoms with van der Waals surface area (Å²) in [5.74, 6) is 1.45. The third-order valence-corrected chi connectivity index (χ3v) is 3.88. The van der Waals surface area contributed by atoms with E-state index in [1.807, 2.05) is 0 Å². The number of benzene rings is 1. The standard InChI is InChI=1S/C12H17NO3S/c1-15-11-6-10(13)4-5-12(11)17(14)8-16-7-9-2-3-9/h4-6,9H,2-3,7-8,13H2,1H3. The molecule has 0 aromatic heterocycles. The van der Waals surface area contributed by atoms with Crippen LogP contribution in [0.25, 0.3) is 0 Å². The number of methoxy groups -OCH3 is 1. The first kappa shape index (κ1) is 12.4. The molecule has 0 aliphatic heterocycles. The Morgan fingerprint density at radius 2 is 2.24 bits per heavy atom. The molecule has 4 nitrogen and oxygen atoms in total. The Balaban J connectivity index is 1.96. The topological polar surface area (TPSA) is 61.5 Å². The van der Waals surface area contributed by atoms with Crippen LogP contribution in [-0.2, 0) is 15.5 Å². The number of ether oxygens (including phenoxy) is 2. The second kappa shape index (κ2) is 5.51. The zero-order valence-electron chi connectivity index (χ0n) is 9.85. The van der Waals surface area contributed by atoms with Gasteiger partial charge in [-0.2, -0.15) is 0 Å². The highest BCUT2D eigenvalue weighted by Gasteiger charge is 2.21. The molecule has 1 saturated carbocycles. The number of nitrogens with two attached hydrogens (primary N) is 1. The van der Waals surface area contributed by atoms with Crippen LogP contribution in [0.2, 0.25) is 0 Å². The van der Waals surface area contributed by atoms with Gasteiger partial charge in [0.1, 0.15) is 11.7 Å². The Kier molecular flexibility index (Phi) is 4.02. The third-order valence-electron chi connectivity index (χ3n) is 2.67. The van der Waals surface area contributed by atoms with Crippen molar-refractivity contribution in [3.63, 3.8) is 0 Å². The zero-order chi connectivity index (χ0) is 12.3. The van der Waals surface area contributed by atoms with Crippen LogP contribution in [-0.4, -0.2) is 23.9 Å². The van der Waals surface area contributed by atoms with Gasteiger partial charge in [-0.25, -0.2) is 0 Å². The molecular formula is C12H17NO3S. The van der Waals surface area contributed by atoms with E-state index < -0.39 is 10.8 Å². The van der Waals surface area contributed by atoms with Crippen LogP contribution >= 0.6 is 0 Å². The number of hydrogen-bond donors (Lipinski definition) is 1. The highest BCUT2D eigenvalue weighted by atomic mass is 32.2. The highest BCUT2D eigenvalue weighted by molar-refractivity contribution is 7.85. The summed E-state index contributed by atoms with van der Waals surface area (Å²) >= 11 is 0. The van der Waals surface area contributed by atoms with Gasteiger partial charge in [-0.05, 0) is 30.9 Å². The van der Waals surface area contributed by atoms with E-state index in [0.29, 0.717) is 28.9 Å². The fraction of sp³-hybridized carbons (Fsp3) is 0.500. The van der Waals surface area contributed by atoms with Gasteiger partial charge >= 0.3 is 0 Å². The molecule has 1 atom stereocenters. The molecular weight excluding hydrogens is 238 g/mol. The number of rotatable bonds is 6. The molecule has 5 heteroatoms. The predicted octanol–water partition coefficient (Wildman–Crippen LogP) is 1.77. The Morgan fingerprint density at radius 1 is 1.47 bits per heavy atom. The van der Waals surface area contributed by atoms with E-state index in [1.54, 1.807) is 25.3 Å². The summed E-state index contributed by atoms with van der Waals surface area (Å²) in [7, 11) is 0.348. The minimum atomic E-state index is -1.19. The summed E-state index contributed by atoms with van der Waals surface area (Å²) in [6, 6.07) is 5.12. The van der Waals surface area contributed by atoms with Crippen molar-refractivity contribution < 1.29 is 13.7 Å². The van der Waals surface area contributed by atoms with Gasteiger partial charge in [0.05, 0.1) is 29.4 Å². The molecule has 1 unspecified atom stereocenters. The number of hydrogen-bond acceptors (Lipinski definition) is 4. The van der Waals surface area contributed by atoms with Gasteiger partial charge in [0, 0.05) is 11.8 Å². The van der Waals surface area contributed by atoms with E-state index in [0.717, 1.165) is 0 Å². The maximum atomic E-state index is 12.0. The summed E-state index contributed by atoms with van der Waals surface area (Å²) in [5, 5.41) is 0. The van der Waals surface area contributed by atoms with E-state index >= 15 is 0 Å². The van der Waals surface area contributed by atoms with Crippen molar-refractivity contribution in [3.05, 3.63) is 18.2 Å². The van der Waals surface area contributed by atoms with Crippen molar-refractivity contribution in [1.29, 1.82) is 0 Å². The van der Waals surface area contributed by atoms with E-state index in [2.05, 4.69) is 0 Å². The molecule has 0 spiro atoms. The van der Waals surface area contributed by atoms with Gasteiger partial charge in [-0.1, -0.05) is 0 Å². The van der Waals surface area contributed by atoms with Gasteiger partial charge in [0.15, 0.2) is 0 Å². The van der Waals surface area contributed by atoms with Gasteiger partial charge in [-0.15, -0.1) is 0 Å². The van der Waals surface area contributed by atoms with Crippen LogP contribution < -0.4 is 10.5 Å². The molecule has 1 fully saturated rings. The van der Waals surface area contributed by atoms with Gasteiger partial charge < -0.3 is 15.2 Å². The van der Waals surface area contributed by atoms with Gasteiger partial charge in [0.25, 0.3) is 0 Å². The quantitative estimate of drug-likeness (QED) is 0.787. The van der Waals surface area contributed by atoms with E-state index in [1.165, 1.54) is 12.8 Å². The SMILES string of the molecule is COc1cc(N)ccc1S(=O)COCC1CC1. The second-order valence-electron chi connectivity index (χ2n) is 4.19. The molecule has 2 rings (SSSR count). The summed E-state index contributed by atoms with van der Waals surface area (Å²) in [4.78, 5) is 0.637. The summed E-state index contributed by atoms with van der Waals surface area (Å²) < 4.78 is 22.6. The lowest BCUT2D eigenvalue weighted by Gasteiger charge is -2.09. The molecule has 0 radical (unpaired) electrons. The fourth-order valence-electron chi connectivity index (χ4n) is 1.51. The molecule has 1 aromatic carbocycles. The van der Waals surface area contributed by atoms with Crippen LogP contribution in [0.15, 0.2) is 23.1 Å². The maximum absolute atomic E-state index is 12.0. The number of nitrogen functional groups attached to an aromatic ring is 1. The molecule has 1 aliphatic carbocycles. The average Bonchev–Trinajstić information content (AvgIpc) is 3.12. The van der Waals surface area contributed by atoms with E-state index in [9.17, 15) is 4.21 Å². The van der Waals surface area contributed by atoms with Crippen molar-refractivity contribution in [2.24, 2.45) is 5.92 Å². The molecule has 0 bridgehead atoms. The largest absolute Gasteiger partial charge is 0.495 e. The molecule has 17 heavy (non-hydrogen) atoms. The normalized spacial score (nSPS) is 16.8. The molecule has 2 N–H and O–H groups in total. The molecule has 0 amide bonds. The Bertz CT molecular complexity index is 418. The molecule has 94 valence electrons. The molecule has 0 heterocycles. The minimum absolute atomic E-state index is 0.219. The second-order valence-corrected chi connectivity index (χ2v) is 5.55. The zero-order valence-corrected chi connectivity index (χ0v) is 10.7. The van der Waals surface area contributed by atoms with Crippen molar-refractivity contribution in [2.75, 3.05) is 25.4 Å². The maximum Gasteiger partial charge on any atom is 0.137 e. The van der Waals surface area contributed by atoms with Crippen LogP contribution in [0.4, 0.5) is 5.69 Å². The van der Waals surface area contributed by atoms with E-state index in [-0.39, 0.29) is 5.94 Å². The molecule has 1 aromatic rings. The van der Waals surface area contributed by atoms with E-state index in [4.69, 9.17) is 15.2 Å². The summed E-state index contributed by atoms with van der Waals surface area (Å²) in [5.41, 5.74) is 6.24. The predicted molar refractivity (Wildman–Crippen MR) is 67.4 cm³/mol. The summed E-state index contributed by atoms with van der Waals surface area (Å²) in [6.45, 7) is 0.711. The Labute approximate surface area is 104 Å². The number of anilines is 1.